The van der Waals surface area contributed by atoms with Crippen LogP contribution in [0.25, 0.3) is 0 Å². The summed E-state index contributed by atoms with van der Waals surface area (Å²) in [6.07, 6.45) is -7.41. The first-order valence-electron chi connectivity index (χ1n) is 11.0. The minimum absolute atomic E-state index is 0.0822. The third kappa shape index (κ3) is 5.52. The lowest BCUT2D eigenvalue weighted by Crippen LogP contribution is -2.48. The van der Waals surface area contributed by atoms with Gasteiger partial charge in [0, 0.05) is 29.4 Å². The fraction of sp³-hybridized carbons (Fsp3) is 0.458. The van der Waals surface area contributed by atoms with Crippen molar-refractivity contribution in [3.05, 3.63) is 58.9 Å². The Balaban J connectivity index is 1.41. The van der Waals surface area contributed by atoms with E-state index in [0.29, 0.717) is 55.5 Å². The van der Waals surface area contributed by atoms with Crippen LogP contribution >= 0.6 is 0 Å². The first kappa shape index (κ1) is 24.8. The monoisotopic (exact) mass is 496 g/mol. The minimum Gasteiger partial charge on any atom is -0.364 e. The molecule has 0 spiro atoms. The molecular weight excluding hydrogens is 474 g/mol. The molecule has 1 saturated heterocycles. The highest BCUT2D eigenvalue weighted by molar-refractivity contribution is 5.95. The predicted molar refractivity (Wildman–Crippen MR) is 114 cm³/mol. The molecule has 1 aromatic heterocycles. The number of hydrogen-bond donors (Lipinski definition) is 1. The molecule has 1 N–H and O–H groups in total. The summed E-state index contributed by atoms with van der Waals surface area (Å²) in [5, 5.41) is 12.0. The van der Waals surface area contributed by atoms with Crippen molar-refractivity contribution < 1.29 is 31.1 Å². The molecule has 0 radical (unpaired) electrons. The van der Waals surface area contributed by atoms with Crippen molar-refractivity contribution in [3.63, 3.8) is 0 Å². The SMILES string of the molecule is CC1(NC(=O)c2cccc(C#N)c2)CCC(C2CN2c2cc(C(F)(F)F)nc(C(F)(F)F)c2)CC1. The molecule has 2 fully saturated rings. The Morgan fingerprint density at radius 2 is 1.69 bits per heavy atom. The maximum Gasteiger partial charge on any atom is 0.433 e. The lowest BCUT2D eigenvalue weighted by Gasteiger charge is -2.38. The minimum atomic E-state index is -4.99. The van der Waals surface area contributed by atoms with Gasteiger partial charge in [-0.25, -0.2) is 4.98 Å². The van der Waals surface area contributed by atoms with E-state index in [1.165, 1.54) is 6.07 Å². The summed E-state index contributed by atoms with van der Waals surface area (Å²) in [6, 6.07) is 9.51. The van der Waals surface area contributed by atoms with Gasteiger partial charge < -0.3 is 10.2 Å². The van der Waals surface area contributed by atoms with Gasteiger partial charge in [-0.15, -0.1) is 0 Å². The molecule has 35 heavy (non-hydrogen) atoms. The molecule has 1 atom stereocenters. The van der Waals surface area contributed by atoms with E-state index in [9.17, 15) is 31.1 Å². The van der Waals surface area contributed by atoms with E-state index in [-0.39, 0.29) is 23.6 Å². The molecule has 1 saturated carbocycles. The molecule has 4 rings (SSSR count). The second-order valence-corrected chi connectivity index (χ2v) is 9.36. The normalized spacial score (nSPS) is 24.6. The van der Waals surface area contributed by atoms with Gasteiger partial charge in [0.1, 0.15) is 11.4 Å². The number of alkyl halides is 6. The average molecular weight is 496 g/mol. The molecule has 186 valence electrons. The van der Waals surface area contributed by atoms with Gasteiger partial charge in [0.05, 0.1) is 11.6 Å². The molecule has 5 nitrogen and oxygen atoms in total. The number of nitrogens with one attached hydrogen (secondary N) is 1. The van der Waals surface area contributed by atoms with Gasteiger partial charge in [-0.05, 0) is 68.9 Å². The van der Waals surface area contributed by atoms with Gasteiger partial charge in [-0.3, -0.25) is 4.79 Å². The number of pyridine rings is 1. The molecule has 2 aromatic rings. The van der Waals surface area contributed by atoms with Gasteiger partial charge >= 0.3 is 12.4 Å². The number of hydrogen-bond acceptors (Lipinski definition) is 4. The van der Waals surface area contributed by atoms with E-state index >= 15 is 0 Å². The van der Waals surface area contributed by atoms with Crippen LogP contribution in [0, 0.1) is 17.2 Å². The summed E-state index contributed by atoms with van der Waals surface area (Å²) in [4.78, 5) is 17.0. The fourth-order valence-electron chi connectivity index (χ4n) is 4.69. The second-order valence-electron chi connectivity index (χ2n) is 9.36. The highest BCUT2D eigenvalue weighted by Crippen LogP contribution is 2.44. The summed E-state index contributed by atoms with van der Waals surface area (Å²) in [7, 11) is 0. The topological polar surface area (TPSA) is 68.8 Å². The molecule has 1 aromatic carbocycles. The molecule has 1 aliphatic heterocycles. The fourth-order valence-corrected chi connectivity index (χ4v) is 4.69. The predicted octanol–water partition coefficient (Wildman–Crippen LogP) is 5.56. The smallest absolute Gasteiger partial charge is 0.364 e. The van der Waals surface area contributed by atoms with Crippen LogP contribution < -0.4 is 10.2 Å². The zero-order valence-electron chi connectivity index (χ0n) is 18.7. The quantitative estimate of drug-likeness (QED) is 0.445. The lowest BCUT2D eigenvalue weighted by molar-refractivity contribution is -0.150. The highest BCUT2D eigenvalue weighted by atomic mass is 19.4. The van der Waals surface area contributed by atoms with Crippen LogP contribution in [0.1, 0.15) is 59.9 Å². The number of rotatable bonds is 4. The summed E-state index contributed by atoms with van der Waals surface area (Å²) in [6.45, 7) is 2.28. The molecule has 2 aliphatic rings. The molecule has 2 heterocycles. The molecule has 11 heteroatoms. The second kappa shape index (κ2) is 8.73. The van der Waals surface area contributed by atoms with Crippen molar-refractivity contribution in [2.45, 2.75) is 56.5 Å². The van der Waals surface area contributed by atoms with Crippen LogP contribution in [0.4, 0.5) is 32.0 Å². The van der Waals surface area contributed by atoms with E-state index in [0.717, 1.165) is 0 Å². The standard InChI is InChI=1S/C24H22F6N4O/c1-22(33-21(35)16-4-2-3-14(9-16)12-31)7-5-15(6-8-22)18-13-34(18)17-10-19(23(25,26)27)32-20(11-17)24(28,29)30/h2-4,9-11,15,18H,5-8,13H2,1H3,(H,33,35). The van der Waals surface area contributed by atoms with Crippen molar-refractivity contribution in [2.75, 3.05) is 11.4 Å². The van der Waals surface area contributed by atoms with Crippen molar-refractivity contribution in [2.24, 2.45) is 5.92 Å². The van der Waals surface area contributed by atoms with E-state index < -0.39 is 29.3 Å². The van der Waals surface area contributed by atoms with Gasteiger partial charge in [-0.2, -0.15) is 31.6 Å². The van der Waals surface area contributed by atoms with Gasteiger partial charge in [0.25, 0.3) is 5.91 Å². The van der Waals surface area contributed by atoms with Crippen molar-refractivity contribution in [3.8, 4) is 6.07 Å². The molecule has 1 amide bonds. The van der Waals surface area contributed by atoms with Crippen LogP contribution in [-0.2, 0) is 12.4 Å². The Kier molecular flexibility index (Phi) is 6.19. The number of anilines is 1. The maximum absolute atomic E-state index is 13.1. The third-order valence-corrected chi connectivity index (χ3v) is 6.72. The van der Waals surface area contributed by atoms with Crippen LogP contribution in [0.2, 0.25) is 0 Å². The van der Waals surface area contributed by atoms with Gasteiger partial charge in [-0.1, -0.05) is 6.07 Å². The first-order chi connectivity index (χ1) is 16.3. The number of nitrogens with zero attached hydrogens (tertiary/aromatic N) is 3. The number of aromatic nitrogens is 1. The van der Waals surface area contributed by atoms with Gasteiger partial charge in [0.2, 0.25) is 0 Å². The summed E-state index contributed by atoms with van der Waals surface area (Å²) in [5.74, 6) is -0.217. The van der Waals surface area contributed by atoms with Crippen molar-refractivity contribution >= 4 is 11.6 Å². The van der Waals surface area contributed by atoms with Crippen LogP contribution in [-0.4, -0.2) is 29.0 Å². The van der Waals surface area contributed by atoms with E-state index in [1.807, 2.05) is 13.0 Å². The number of amides is 1. The number of benzene rings is 1. The zero-order valence-corrected chi connectivity index (χ0v) is 18.7. The Morgan fingerprint density at radius 1 is 1.09 bits per heavy atom. The van der Waals surface area contributed by atoms with Crippen LogP contribution in [0.15, 0.2) is 36.4 Å². The van der Waals surface area contributed by atoms with Crippen molar-refractivity contribution in [1.82, 2.24) is 10.3 Å². The third-order valence-electron chi connectivity index (χ3n) is 6.72. The number of carbonyl (C=O) groups is 1. The maximum atomic E-state index is 13.1. The highest BCUT2D eigenvalue weighted by Gasteiger charge is 2.46. The Labute approximate surface area is 197 Å². The summed E-state index contributed by atoms with van der Waals surface area (Å²) in [5.41, 5.74) is -3.01. The number of nitriles is 1. The molecule has 0 bridgehead atoms. The van der Waals surface area contributed by atoms with E-state index in [4.69, 9.17) is 5.26 Å². The zero-order chi connectivity index (χ0) is 25.6. The number of carbonyl (C=O) groups excluding carboxylic acids is 1. The molecule has 1 aliphatic carbocycles. The van der Waals surface area contributed by atoms with E-state index in [2.05, 4.69) is 10.3 Å². The lowest BCUT2D eigenvalue weighted by atomic mass is 9.76. The Morgan fingerprint density at radius 3 is 2.23 bits per heavy atom. The van der Waals surface area contributed by atoms with Crippen LogP contribution in [0.3, 0.4) is 0 Å². The van der Waals surface area contributed by atoms with E-state index in [1.54, 1.807) is 23.1 Å². The first-order valence-corrected chi connectivity index (χ1v) is 11.0. The summed E-state index contributed by atoms with van der Waals surface area (Å²) >= 11 is 0. The summed E-state index contributed by atoms with van der Waals surface area (Å²) < 4.78 is 78.8. The molecular formula is C24H22F6N4O. The van der Waals surface area contributed by atoms with Crippen LogP contribution in [0.5, 0.6) is 0 Å². The number of halogens is 6. The Hall–Kier alpha value is -3.29. The van der Waals surface area contributed by atoms with Gasteiger partial charge in [0.15, 0.2) is 0 Å². The van der Waals surface area contributed by atoms with Crippen molar-refractivity contribution in [1.29, 1.82) is 5.26 Å². The molecule has 1 unspecified atom stereocenters. The average Bonchev–Trinajstić information content (AvgIpc) is 3.59. The largest absolute Gasteiger partial charge is 0.433 e. The Bertz CT molecular complexity index is 1130.